The number of ether oxygens (including phenoxy) is 1. The van der Waals surface area contributed by atoms with Gasteiger partial charge in [-0.25, -0.2) is 0 Å². The fraction of sp³-hybridized carbons (Fsp3) is 0.515. The maximum Gasteiger partial charge on any atom is 0.127 e. The Balaban J connectivity index is 1.48. The van der Waals surface area contributed by atoms with Crippen LogP contribution < -0.4 is 4.74 Å². The molecule has 0 aromatic heterocycles. The summed E-state index contributed by atoms with van der Waals surface area (Å²) in [4.78, 5) is 2.48. The summed E-state index contributed by atoms with van der Waals surface area (Å²) in [7, 11) is 0. The van der Waals surface area contributed by atoms with Gasteiger partial charge in [0.2, 0.25) is 0 Å². The van der Waals surface area contributed by atoms with Crippen molar-refractivity contribution in [3.63, 3.8) is 0 Å². The number of halogens is 2. The fourth-order valence-corrected chi connectivity index (χ4v) is 5.26. The van der Waals surface area contributed by atoms with Gasteiger partial charge in [0.15, 0.2) is 0 Å². The molecule has 0 aliphatic heterocycles. The van der Waals surface area contributed by atoms with E-state index in [9.17, 15) is 0 Å². The van der Waals surface area contributed by atoms with Crippen molar-refractivity contribution < 1.29 is 4.74 Å². The Bertz CT molecular complexity index is 1070. The highest BCUT2D eigenvalue weighted by Gasteiger charge is 2.11. The van der Waals surface area contributed by atoms with Crippen molar-refractivity contribution in [1.29, 1.82) is 0 Å². The van der Waals surface area contributed by atoms with Crippen molar-refractivity contribution in [3.05, 3.63) is 75.8 Å². The topological polar surface area (TPSA) is 12.5 Å². The highest BCUT2D eigenvalue weighted by Crippen LogP contribution is 2.30. The van der Waals surface area contributed by atoms with Crippen molar-refractivity contribution in [2.75, 3.05) is 19.7 Å². The van der Waals surface area contributed by atoms with Gasteiger partial charge in [-0.2, -0.15) is 0 Å². The van der Waals surface area contributed by atoms with Crippen molar-refractivity contribution in [2.45, 2.75) is 91.0 Å². The van der Waals surface area contributed by atoms with Gasteiger partial charge >= 0.3 is 0 Å². The minimum Gasteiger partial charge on any atom is -0.493 e. The van der Waals surface area contributed by atoms with Crippen LogP contribution in [0.1, 0.15) is 89.2 Å². The van der Waals surface area contributed by atoms with Gasteiger partial charge in [-0.15, -0.1) is 0 Å². The number of benzene rings is 3. The van der Waals surface area contributed by atoms with Gasteiger partial charge in [0.1, 0.15) is 5.75 Å². The second-order valence-electron chi connectivity index (χ2n) is 10.2. The monoisotopic (exact) mass is 541 g/mol. The number of hydrogen-bond donors (Lipinski definition) is 0. The lowest BCUT2D eigenvalue weighted by molar-refractivity contribution is 0.284. The molecule has 2 nitrogen and oxygen atoms in total. The fourth-order valence-electron chi connectivity index (χ4n) is 4.94. The smallest absolute Gasteiger partial charge is 0.127 e. The maximum absolute atomic E-state index is 6.27. The summed E-state index contributed by atoms with van der Waals surface area (Å²) in [6.07, 6.45) is 14.4. The number of unbranched alkanes of at least 4 members (excludes halogenated alkanes) is 9. The third kappa shape index (κ3) is 10.2. The van der Waals surface area contributed by atoms with Gasteiger partial charge in [0.05, 0.1) is 16.7 Å². The molecule has 0 unspecified atom stereocenters. The summed E-state index contributed by atoms with van der Waals surface area (Å²) in [6.45, 7) is 8.18. The van der Waals surface area contributed by atoms with E-state index in [1.165, 1.54) is 79.7 Å². The lowest BCUT2D eigenvalue weighted by Gasteiger charge is -2.22. The first kappa shape index (κ1) is 29.8. The Morgan fingerprint density at radius 3 is 2.05 bits per heavy atom. The maximum atomic E-state index is 6.27. The van der Waals surface area contributed by atoms with Gasteiger partial charge in [-0.1, -0.05) is 131 Å². The number of hydrogen-bond acceptors (Lipinski definition) is 2. The lowest BCUT2D eigenvalue weighted by Crippen LogP contribution is -2.25. The molecule has 3 aromatic carbocycles. The number of fused-ring (bicyclic) bond motifs is 1. The summed E-state index contributed by atoms with van der Waals surface area (Å²) in [6, 6.07) is 19.0. The number of nitrogens with zero attached hydrogens (tertiary/aromatic N) is 1. The molecule has 0 amide bonds. The molecule has 3 rings (SSSR count). The van der Waals surface area contributed by atoms with Crippen LogP contribution in [0.25, 0.3) is 10.8 Å². The molecule has 37 heavy (non-hydrogen) atoms. The summed E-state index contributed by atoms with van der Waals surface area (Å²) in [5.74, 6) is 1.01. The average molecular weight is 543 g/mol. The second kappa shape index (κ2) is 17.0. The van der Waals surface area contributed by atoms with Crippen LogP contribution in [0.15, 0.2) is 54.6 Å². The van der Waals surface area contributed by atoms with Crippen molar-refractivity contribution in [2.24, 2.45) is 0 Å². The second-order valence-corrected chi connectivity index (χ2v) is 11.0. The van der Waals surface area contributed by atoms with Crippen LogP contribution >= 0.6 is 23.2 Å². The van der Waals surface area contributed by atoms with Crippen molar-refractivity contribution in [1.82, 2.24) is 4.90 Å². The molecule has 0 heterocycles. The molecule has 0 N–H and O–H groups in total. The van der Waals surface area contributed by atoms with E-state index in [0.717, 1.165) is 44.8 Å². The van der Waals surface area contributed by atoms with E-state index in [-0.39, 0.29) is 0 Å². The Morgan fingerprint density at radius 2 is 1.38 bits per heavy atom. The molecule has 0 aliphatic carbocycles. The number of rotatable bonds is 18. The SMILES string of the molecule is CCCCCCCCCCCCOc1ccc(CN(CC)CCc2ccc(Cl)c(Cl)c2)c2ccccc12. The van der Waals surface area contributed by atoms with Crippen LogP contribution in [0.2, 0.25) is 10.0 Å². The van der Waals surface area contributed by atoms with Crippen molar-refractivity contribution >= 4 is 34.0 Å². The predicted octanol–water partition coefficient (Wildman–Crippen LogP) is 10.5. The third-order valence-corrected chi connectivity index (χ3v) is 8.01. The van der Waals surface area contributed by atoms with E-state index in [0.29, 0.717) is 10.0 Å². The summed E-state index contributed by atoms with van der Waals surface area (Å²) < 4.78 is 6.27. The van der Waals surface area contributed by atoms with Gasteiger partial charge in [-0.05, 0) is 54.1 Å². The Morgan fingerprint density at radius 1 is 0.703 bits per heavy atom. The molecule has 0 atom stereocenters. The Hall–Kier alpha value is -1.74. The zero-order chi connectivity index (χ0) is 26.3. The molecule has 0 bridgehead atoms. The summed E-state index contributed by atoms with van der Waals surface area (Å²) in [5, 5.41) is 3.74. The molecule has 3 aromatic rings. The molecule has 0 fully saturated rings. The molecular weight excluding hydrogens is 497 g/mol. The molecule has 202 valence electrons. The highest BCUT2D eigenvalue weighted by atomic mass is 35.5. The quantitative estimate of drug-likeness (QED) is 0.148. The normalized spacial score (nSPS) is 11.5. The first-order valence-electron chi connectivity index (χ1n) is 14.4. The van der Waals surface area contributed by atoms with Gasteiger partial charge in [-0.3, -0.25) is 4.90 Å². The Kier molecular flexibility index (Phi) is 13.7. The van der Waals surface area contributed by atoms with E-state index in [1.807, 2.05) is 12.1 Å². The van der Waals surface area contributed by atoms with Crippen molar-refractivity contribution in [3.8, 4) is 5.75 Å². The molecule has 0 radical (unpaired) electrons. The van der Waals surface area contributed by atoms with E-state index in [2.05, 4.69) is 61.2 Å². The zero-order valence-corrected chi connectivity index (χ0v) is 24.4. The third-order valence-electron chi connectivity index (χ3n) is 7.27. The standard InChI is InChI=1S/C33H45Cl2NO/c1-3-5-6-7-8-9-10-11-12-15-24-37-33-21-19-28(29-16-13-14-17-30(29)33)26-36(4-2)23-22-27-18-20-31(34)32(35)25-27/h13-14,16-21,25H,3-12,15,22-24,26H2,1-2H3. The summed E-state index contributed by atoms with van der Waals surface area (Å²) >= 11 is 12.3. The van der Waals surface area contributed by atoms with Gasteiger partial charge in [0.25, 0.3) is 0 Å². The molecular formula is C33H45Cl2NO. The Labute approximate surface area is 235 Å². The van der Waals surface area contributed by atoms with Crippen LogP contribution in [0.3, 0.4) is 0 Å². The average Bonchev–Trinajstić information content (AvgIpc) is 2.92. The van der Waals surface area contributed by atoms with E-state index >= 15 is 0 Å². The highest BCUT2D eigenvalue weighted by molar-refractivity contribution is 6.42. The summed E-state index contributed by atoms with van der Waals surface area (Å²) in [5.41, 5.74) is 2.56. The molecule has 0 saturated carbocycles. The predicted molar refractivity (Wildman–Crippen MR) is 162 cm³/mol. The number of likely N-dealkylation sites (N-methyl/N-ethyl adjacent to an activating group) is 1. The van der Waals surface area contributed by atoms with E-state index in [1.54, 1.807) is 0 Å². The molecule has 4 heteroatoms. The molecule has 0 saturated heterocycles. The van der Waals surface area contributed by atoms with Crippen LogP contribution in [-0.4, -0.2) is 24.6 Å². The lowest BCUT2D eigenvalue weighted by atomic mass is 10.0. The van der Waals surface area contributed by atoms with E-state index < -0.39 is 0 Å². The molecule has 0 aliphatic rings. The van der Waals surface area contributed by atoms with E-state index in [4.69, 9.17) is 27.9 Å². The van der Waals surface area contributed by atoms with Crippen LogP contribution in [0.5, 0.6) is 5.75 Å². The minimum atomic E-state index is 0.611. The van der Waals surface area contributed by atoms with Crippen LogP contribution in [0, 0.1) is 0 Å². The van der Waals surface area contributed by atoms with Gasteiger partial charge in [0, 0.05) is 18.5 Å². The first-order chi connectivity index (χ1) is 18.1. The zero-order valence-electron chi connectivity index (χ0n) is 22.9. The minimum absolute atomic E-state index is 0.611. The van der Waals surface area contributed by atoms with Gasteiger partial charge < -0.3 is 4.74 Å². The first-order valence-corrected chi connectivity index (χ1v) is 15.2. The van der Waals surface area contributed by atoms with Crippen LogP contribution in [0.4, 0.5) is 0 Å². The van der Waals surface area contributed by atoms with Crippen LogP contribution in [-0.2, 0) is 13.0 Å². The molecule has 0 spiro atoms. The largest absolute Gasteiger partial charge is 0.493 e.